The van der Waals surface area contributed by atoms with Crippen molar-refractivity contribution >= 4 is 17.1 Å². The van der Waals surface area contributed by atoms with Gasteiger partial charge < -0.3 is 4.90 Å². The highest BCUT2D eigenvalue weighted by atomic mass is 15.2. The Balaban J connectivity index is 1.47. The second-order valence-corrected chi connectivity index (χ2v) is 13.3. The maximum atomic E-state index is 4.32. The molecule has 2 aliphatic heterocycles. The predicted molar refractivity (Wildman–Crippen MR) is 171 cm³/mol. The van der Waals surface area contributed by atoms with Crippen LogP contribution in [0.5, 0.6) is 0 Å². The van der Waals surface area contributed by atoms with Crippen LogP contribution in [0.25, 0.3) is 0 Å². The van der Waals surface area contributed by atoms with Gasteiger partial charge in [-0.15, -0.1) is 0 Å². The number of hydrogen-bond donors (Lipinski definition) is 0. The summed E-state index contributed by atoms with van der Waals surface area (Å²) in [6.07, 6.45) is 15.9. The van der Waals surface area contributed by atoms with Gasteiger partial charge in [0.05, 0.1) is 5.41 Å². The average Bonchev–Trinajstić information content (AvgIpc) is 3.22. The number of rotatable bonds is 9. The fourth-order valence-corrected chi connectivity index (χ4v) is 6.20. The minimum atomic E-state index is -0.0186. The zero-order valence-electron chi connectivity index (χ0n) is 25.6. The second kappa shape index (κ2) is 11.2. The van der Waals surface area contributed by atoms with Crippen molar-refractivity contribution in [1.82, 2.24) is 0 Å². The molecule has 0 N–H and O–H groups in total. The number of anilines is 1. The molecule has 0 saturated carbocycles. The molecule has 2 heterocycles. The molecule has 2 heteroatoms. The number of hydrogen-bond acceptors (Lipinski definition) is 1. The molecule has 0 amide bonds. The number of allylic oxidation sites excluding steroid dienone is 7. The van der Waals surface area contributed by atoms with Crippen molar-refractivity contribution < 1.29 is 4.58 Å². The molecule has 2 aliphatic rings. The van der Waals surface area contributed by atoms with Crippen molar-refractivity contribution in [3.8, 4) is 0 Å². The Morgan fingerprint density at radius 3 is 2.21 bits per heavy atom. The summed E-state index contributed by atoms with van der Waals surface area (Å²) in [5, 5.41) is 0. The van der Waals surface area contributed by atoms with Gasteiger partial charge in [0.2, 0.25) is 5.69 Å². The first-order chi connectivity index (χ1) is 18.4. The van der Waals surface area contributed by atoms with Crippen molar-refractivity contribution in [2.24, 2.45) is 5.41 Å². The van der Waals surface area contributed by atoms with E-state index >= 15 is 0 Å². The van der Waals surface area contributed by atoms with Crippen LogP contribution in [-0.4, -0.2) is 23.9 Å². The van der Waals surface area contributed by atoms with Gasteiger partial charge in [-0.2, -0.15) is 4.58 Å². The number of nitrogens with zero attached hydrogens (tertiary/aromatic N) is 2. The van der Waals surface area contributed by atoms with Crippen molar-refractivity contribution in [3.63, 3.8) is 0 Å². The Bertz CT molecular complexity index is 1340. The second-order valence-electron chi connectivity index (χ2n) is 13.3. The zero-order chi connectivity index (χ0) is 28.4. The predicted octanol–water partition coefficient (Wildman–Crippen LogP) is 9.65. The van der Waals surface area contributed by atoms with Crippen LogP contribution in [0.2, 0.25) is 0 Å². The number of benzene rings is 2. The fraction of sp³-hybridized carbons (Fsp3) is 0.432. The molecular weight excluding hydrogens is 472 g/mol. The first-order valence-electron chi connectivity index (χ1n) is 14.7. The maximum Gasteiger partial charge on any atom is 0.209 e. The summed E-state index contributed by atoms with van der Waals surface area (Å²) < 4.78 is 2.33. The number of fused-ring (bicyclic) bond motifs is 2. The topological polar surface area (TPSA) is 6.25 Å². The molecule has 206 valence electrons. The van der Waals surface area contributed by atoms with Gasteiger partial charge in [0.15, 0.2) is 5.71 Å². The van der Waals surface area contributed by atoms with Crippen molar-refractivity contribution in [3.05, 3.63) is 108 Å². The Hall–Kier alpha value is -3.13. The largest absolute Gasteiger partial charge is 0.344 e. The summed E-state index contributed by atoms with van der Waals surface area (Å²) in [5.41, 5.74) is 9.73. The summed E-state index contributed by atoms with van der Waals surface area (Å²) in [6.45, 7) is 21.5. The van der Waals surface area contributed by atoms with Gasteiger partial charge in [-0.1, -0.05) is 108 Å². The van der Waals surface area contributed by atoms with Crippen molar-refractivity contribution in [2.75, 3.05) is 18.5 Å². The molecule has 0 aromatic heterocycles. The van der Waals surface area contributed by atoms with Crippen LogP contribution in [-0.2, 0) is 10.8 Å². The van der Waals surface area contributed by atoms with E-state index in [1.54, 1.807) is 0 Å². The first kappa shape index (κ1) is 28.9. The van der Waals surface area contributed by atoms with Crippen LogP contribution in [0.4, 0.5) is 11.4 Å². The van der Waals surface area contributed by atoms with Crippen molar-refractivity contribution in [2.45, 2.75) is 85.0 Å². The number of unbranched alkanes of at least 4 members (excludes halogenated alkanes) is 2. The minimum Gasteiger partial charge on any atom is -0.344 e. The first-order valence-corrected chi connectivity index (χ1v) is 14.7. The van der Waals surface area contributed by atoms with Crippen LogP contribution in [0.1, 0.15) is 85.3 Å². The molecule has 0 aliphatic carbocycles. The molecule has 4 rings (SSSR count). The lowest BCUT2D eigenvalue weighted by Gasteiger charge is -2.27. The number of para-hydroxylation sites is 2. The van der Waals surface area contributed by atoms with E-state index in [0.717, 1.165) is 13.0 Å². The van der Waals surface area contributed by atoms with E-state index in [9.17, 15) is 0 Å². The molecule has 2 nitrogen and oxygen atoms in total. The lowest BCUT2D eigenvalue weighted by atomic mass is 9.81. The molecule has 39 heavy (non-hydrogen) atoms. The normalized spacial score (nSPS) is 19.0. The van der Waals surface area contributed by atoms with Gasteiger partial charge in [-0.05, 0) is 56.2 Å². The summed E-state index contributed by atoms with van der Waals surface area (Å²) in [6, 6.07) is 17.7. The standard InChI is InChI=1S/C37H49N2/c1-28(35(2,3)4)20-12-11-19-27-39-32-24-18-16-22-30(32)37(7,8)34(39)26-14-10-13-25-33-36(5,6)29-21-15-17-23-31(29)38(33)9/h10,13-18,21-26H,1,11-12,19-20,27H2,2-9H3/q+1. The van der Waals surface area contributed by atoms with Gasteiger partial charge in [0.25, 0.3) is 0 Å². The van der Waals surface area contributed by atoms with Crippen LogP contribution in [0, 0.1) is 5.41 Å². The van der Waals surface area contributed by atoms with Crippen LogP contribution in [0.15, 0.2) is 96.8 Å². The third-order valence-electron chi connectivity index (χ3n) is 8.89. The highest BCUT2D eigenvalue weighted by Gasteiger charge is 2.42. The van der Waals surface area contributed by atoms with Gasteiger partial charge in [-0.3, -0.25) is 0 Å². The fourth-order valence-electron chi connectivity index (χ4n) is 6.20. The van der Waals surface area contributed by atoms with Gasteiger partial charge in [-0.25, -0.2) is 0 Å². The van der Waals surface area contributed by atoms with E-state index in [0.29, 0.717) is 0 Å². The van der Waals surface area contributed by atoms with Crippen LogP contribution < -0.4 is 4.90 Å². The lowest BCUT2D eigenvalue weighted by Crippen LogP contribution is -2.27. The summed E-state index contributed by atoms with van der Waals surface area (Å²) in [7, 11) is 2.17. The zero-order valence-corrected chi connectivity index (χ0v) is 25.6. The SMILES string of the molecule is C=C(CCCCCN1/C(=C/C=C/C=C/C2=[N+](C)c3ccccc3C2(C)C)C(C)(C)c2ccccc21)C(C)(C)C. The summed E-state index contributed by atoms with van der Waals surface area (Å²) >= 11 is 0. The van der Waals surface area contributed by atoms with E-state index in [1.807, 2.05) is 0 Å². The minimum absolute atomic E-state index is 0.000716. The van der Waals surface area contributed by atoms with E-state index < -0.39 is 0 Å². The van der Waals surface area contributed by atoms with Crippen LogP contribution in [0.3, 0.4) is 0 Å². The highest BCUT2D eigenvalue weighted by Crippen LogP contribution is 2.47. The Kier molecular flexibility index (Phi) is 8.26. The molecule has 0 fully saturated rings. The summed E-state index contributed by atoms with van der Waals surface area (Å²) in [4.78, 5) is 2.56. The Labute approximate surface area is 238 Å². The maximum absolute atomic E-state index is 4.32. The lowest BCUT2D eigenvalue weighted by molar-refractivity contribution is -0.401. The van der Waals surface area contributed by atoms with Crippen LogP contribution >= 0.6 is 0 Å². The molecule has 0 spiro atoms. The van der Waals surface area contributed by atoms with Gasteiger partial charge in [0, 0.05) is 41.1 Å². The molecular formula is C37H49N2+. The van der Waals surface area contributed by atoms with E-state index in [-0.39, 0.29) is 16.2 Å². The third kappa shape index (κ3) is 5.76. The summed E-state index contributed by atoms with van der Waals surface area (Å²) in [5.74, 6) is 0. The molecule has 0 saturated heterocycles. The smallest absolute Gasteiger partial charge is 0.209 e. The van der Waals surface area contributed by atoms with E-state index in [2.05, 4.69) is 150 Å². The average molecular weight is 522 g/mol. The quantitative estimate of drug-likeness (QED) is 0.138. The highest BCUT2D eigenvalue weighted by molar-refractivity contribution is 6.03. The molecule has 0 unspecified atom stereocenters. The Morgan fingerprint density at radius 2 is 1.51 bits per heavy atom. The van der Waals surface area contributed by atoms with E-state index in [1.165, 1.54) is 58.7 Å². The van der Waals surface area contributed by atoms with Gasteiger partial charge in [0.1, 0.15) is 7.05 Å². The molecule has 2 aromatic rings. The monoisotopic (exact) mass is 521 g/mol. The molecule has 2 aromatic carbocycles. The van der Waals surface area contributed by atoms with Crippen molar-refractivity contribution in [1.29, 1.82) is 0 Å². The Morgan fingerprint density at radius 1 is 0.846 bits per heavy atom. The van der Waals surface area contributed by atoms with E-state index in [4.69, 9.17) is 0 Å². The molecule has 0 atom stereocenters. The third-order valence-corrected chi connectivity index (χ3v) is 8.89. The molecule has 0 bridgehead atoms. The van der Waals surface area contributed by atoms with Gasteiger partial charge >= 0.3 is 0 Å². The molecule has 0 radical (unpaired) electrons.